The highest BCUT2D eigenvalue weighted by Gasteiger charge is 2.25. The summed E-state index contributed by atoms with van der Waals surface area (Å²) in [6.07, 6.45) is 0. The van der Waals surface area contributed by atoms with Crippen molar-refractivity contribution in [2.45, 2.75) is 4.90 Å². The number of halogens is 6. The van der Waals surface area contributed by atoms with E-state index >= 15 is 0 Å². The predicted octanol–water partition coefficient (Wildman–Crippen LogP) is 3.67. The largest absolute Gasteiger partial charge is 0.202 e. The summed E-state index contributed by atoms with van der Waals surface area (Å²) in [5.41, 5.74) is 0. The molecule has 0 saturated heterocycles. The molecule has 78 valence electrons. The Balaban J connectivity index is 3.43. The zero-order chi connectivity index (χ0) is 10.9. The Bertz CT molecular complexity index is 339. The molecule has 1 rings (SSSR count). The number of hydrogen-bond donors (Lipinski definition) is 0. The van der Waals surface area contributed by atoms with Crippen molar-refractivity contribution >= 4 is 23.4 Å². The van der Waals surface area contributed by atoms with Gasteiger partial charge in [-0.25, -0.2) is 22.0 Å². The van der Waals surface area contributed by atoms with Crippen LogP contribution in [0.4, 0.5) is 22.0 Å². The fourth-order valence-electron chi connectivity index (χ4n) is 0.766. The van der Waals surface area contributed by atoms with Crippen molar-refractivity contribution in [1.82, 2.24) is 0 Å². The van der Waals surface area contributed by atoms with Crippen molar-refractivity contribution in [1.29, 1.82) is 0 Å². The molecular weight excluding hydrogens is 247 g/mol. The maximum atomic E-state index is 12.8. The van der Waals surface area contributed by atoms with E-state index in [1.807, 2.05) is 0 Å². The van der Waals surface area contributed by atoms with Crippen molar-refractivity contribution in [2.24, 2.45) is 0 Å². The zero-order valence-corrected chi connectivity index (χ0v) is 7.96. The number of hydrogen-bond acceptors (Lipinski definition) is 1. The number of alkyl halides is 1. The summed E-state index contributed by atoms with van der Waals surface area (Å²) in [5.74, 6) is -9.80. The fourth-order valence-corrected chi connectivity index (χ4v) is 1.64. The summed E-state index contributed by atoms with van der Waals surface area (Å²) < 4.78 is 63.1. The molecule has 0 fully saturated rings. The maximum absolute atomic E-state index is 12.8. The first-order valence-electron chi connectivity index (χ1n) is 3.20. The van der Waals surface area contributed by atoms with Crippen molar-refractivity contribution in [3.8, 4) is 0 Å². The smallest absolute Gasteiger partial charge is 0.200 e. The average Bonchev–Trinajstić information content (AvgIpc) is 2.19. The van der Waals surface area contributed by atoms with Crippen LogP contribution in [0.2, 0.25) is 0 Å². The molecular formula is C7H2ClF5S. The van der Waals surface area contributed by atoms with Gasteiger partial charge in [0.1, 0.15) is 0 Å². The molecule has 0 aliphatic carbocycles. The molecule has 0 spiro atoms. The van der Waals surface area contributed by atoms with Gasteiger partial charge >= 0.3 is 0 Å². The molecule has 0 radical (unpaired) electrons. The van der Waals surface area contributed by atoms with E-state index in [1.54, 1.807) is 0 Å². The van der Waals surface area contributed by atoms with Gasteiger partial charge in [-0.05, 0) is 0 Å². The molecule has 0 N–H and O–H groups in total. The lowest BCUT2D eigenvalue weighted by Gasteiger charge is -2.05. The van der Waals surface area contributed by atoms with Crippen molar-refractivity contribution in [2.75, 3.05) is 5.21 Å². The molecule has 1 aromatic rings. The predicted molar refractivity (Wildman–Crippen MR) is 42.8 cm³/mol. The summed E-state index contributed by atoms with van der Waals surface area (Å²) >= 11 is 5.45. The van der Waals surface area contributed by atoms with E-state index < -0.39 is 34.0 Å². The van der Waals surface area contributed by atoms with Gasteiger partial charge < -0.3 is 0 Å². The lowest BCUT2D eigenvalue weighted by Crippen LogP contribution is -2.03. The Morgan fingerprint density at radius 3 is 1.50 bits per heavy atom. The molecule has 7 heteroatoms. The summed E-state index contributed by atoms with van der Waals surface area (Å²) in [6, 6.07) is 0. The van der Waals surface area contributed by atoms with E-state index in [2.05, 4.69) is 0 Å². The molecule has 0 saturated carbocycles. The minimum atomic E-state index is -2.17. The molecule has 0 aliphatic heterocycles. The molecule has 0 unspecified atom stereocenters. The summed E-state index contributed by atoms with van der Waals surface area (Å²) in [4.78, 5) is -0.962. The number of benzene rings is 1. The summed E-state index contributed by atoms with van der Waals surface area (Å²) in [5, 5.41) is -0.307. The molecule has 0 bridgehead atoms. The molecule has 0 atom stereocenters. The van der Waals surface area contributed by atoms with Crippen LogP contribution in [0.25, 0.3) is 0 Å². The number of rotatable bonds is 2. The quantitative estimate of drug-likeness (QED) is 0.253. The van der Waals surface area contributed by atoms with Gasteiger partial charge in [-0.3, -0.25) is 0 Å². The maximum Gasteiger partial charge on any atom is 0.200 e. The first-order chi connectivity index (χ1) is 6.50. The second-order valence-electron chi connectivity index (χ2n) is 2.15. The van der Waals surface area contributed by atoms with Gasteiger partial charge in [0.15, 0.2) is 23.3 Å². The molecule has 1 aromatic carbocycles. The second-order valence-corrected chi connectivity index (χ2v) is 3.72. The van der Waals surface area contributed by atoms with E-state index in [0.29, 0.717) is 11.8 Å². The minimum absolute atomic E-state index is 0.307. The monoisotopic (exact) mass is 248 g/mol. The van der Waals surface area contributed by atoms with Gasteiger partial charge in [0.2, 0.25) is 5.82 Å². The average molecular weight is 249 g/mol. The van der Waals surface area contributed by atoms with Gasteiger partial charge in [0.25, 0.3) is 0 Å². The fraction of sp³-hybridized carbons (Fsp3) is 0.143. The first-order valence-corrected chi connectivity index (χ1v) is 4.73. The van der Waals surface area contributed by atoms with E-state index in [1.165, 1.54) is 0 Å². The SMILES string of the molecule is Fc1c(F)c(F)c(SCCl)c(F)c1F. The van der Waals surface area contributed by atoms with Gasteiger partial charge in [-0.2, -0.15) is 0 Å². The molecule has 0 aromatic heterocycles. The van der Waals surface area contributed by atoms with E-state index in [-0.39, 0.29) is 5.21 Å². The van der Waals surface area contributed by atoms with Crippen molar-refractivity contribution in [3.63, 3.8) is 0 Å². The van der Waals surface area contributed by atoms with Gasteiger partial charge in [0, 0.05) is 0 Å². The van der Waals surface area contributed by atoms with E-state index in [9.17, 15) is 22.0 Å². The summed E-state index contributed by atoms with van der Waals surface area (Å²) in [6.45, 7) is 0. The van der Waals surface area contributed by atoms with Crippen molar-refractivity contribution < 1.29 is 22.0 Å². The second kappa shape index (κ2) is 4.35. The standard InChI is InChI=1S/C7H2ClF5S/c8-1-14-7-5(12)3(10)2(9)4(11)6(7)13/h1H2. The van der Waals surface area contributed by atoms with Crippen LogP contribution < -0.4 is 0 Å². The Morgan fingerprint density at radius 2 is 1.14 bits per heavy atom. The summed E-state index contributed by atoms with van der Waals surface area (Å²) in [7, 11) is 0. The first kappa shape index (κ1) is 11.6. The topological polar surface area (TPSA) is 0 Å². The van der Waals surface area contributed by atoms with Crippen LogP contribution in [0.5, 0.6) is 0 Å². The third kappa shape index (κ3) is 1.81. The van der Waals surface area contributed by atoms with Crippen LogP contribution in [0.15, 0.2) is 4.90 Å². The lowest BCUT2D eigenvalue weighted by molar-refractivity contribution is 0.361. The van der Waals surface area contributed by atoms with Crippen LogP contribution in [0.1, 0.15) is 0 Å². The lowest BCUT2D eigenvalue weighted by atomic mass is 10.3. The Morgan fingerprint density at radius 1 is 0.786 bits per heavy atom. The van der Waals surface area contributed by atoms with E-state index in [4.69, 9.17) is 11.6 Å². The van der Waals surface area contributed by atoms with E-state index in [0.717, 1.165) is 0 Å². The normalized spacial score (nSPS) is 10.7. The molecule has 0 amide bonds. The highest BCUT2D eigenvalue weighted by molar-refractivity contribution is 8.00. The van der Waals surface area contributed by atoms with Crippen LogP contribution in [0, 0.1) is 29.1 Å². The van der Waals surface area contributed by atoms with Crippen LogP contribution in [0.3, 0.4) is 0 Å². The van der Waals surface area contributed by atoms with Gasteiger partial charge in [-0.15, -0.1) is 23.4 Å². The Hall–Kier alpha value is -0.490. The van der Waals surface area contributed by atoms with Crippen LogP contribution in [-0.2, 0) is 0 Å². The van der Waals surface area contributed by atoms with Crippen LogP contribution >= 0.6 is 23.4 Å². The van der Waals surface area contributed by atoms with Gasteiger partial charge in [-0.1, -0.05) is 0 Å². The Labute approximate surface area is 85.1 Å². The van der Waals surface area contributed by atoms with Crippen molar-refractivity contribution in [3.05, 3.63) is 29.1 Å². The molecule has 0 heterocycles. The Kier molecular flexibility index (Phi) is 3.60. The molecule has 14 heavy (non-hydrogen) atoms. The zero-order valence-electron chi connectivity index (χ0n) is 6.38. The minimum Gasteiger partial charge on any atom is -0.202 e. The van der Waals surface area contributed by atoms with Crippen LogP contribution in [-0.4, -0.2) is 5.21 Å². The van der Waals surface area contributed by atoms with Gasteiger partial charge in [0.05, 0.1) is 10.1 Å². The third-order valence-electron chi connectivity index (χ3n) is 1.37. The highest BCUT2D eigenvalue weighted by Crippen LogP contribution is 2.31. The molecule has 0 nitrogen and oxygen atoms in total. The third-order valence-corrected chi connectivity index (χ3v) is 2.45. The highest BCUT2D eigenvalue weighted by atomic mass is 35.5. The number of thioether (sulfide) groups is 1. The molecule has 0 aliphatic rings.